The summed E-state index contributed by atoms with van der Waals surface area (Å²) >= 11 is 1.46. The highest BCUT2D eigenvalue weighted by Crippen LogP contribution is 2.36. The molecule has 1 aromatic heterocycles. The number of thiazole rings is 1. The molecule has 0 unspecified atom stereocenters. The van der Waals surface area contributed by atoms with Gasteiger partial charge < -0.3 is 24.4 Å². The summed E-state index contributed by atoms with van der Waals surface area (Å²) < 4.78 is 17.3. The molecule has 176 valence electrons. The van der Waals surface area contributed by atoms with Gasteiger partial charge in [0.25, 0.3) is 0 Å². The van der Waals surface area contributed by atoms with Crippen LogP contribution in [0.4, 0.5) is 0 Å². The summed E-state index contributed by atoms with van der Waals surface area (Å²) in [4.78, 5) is 16.9. The summed E-state index contributed by atoms with van der Waals surface area (Å²) in [5.41, 5.74) is 2.09. The van der Waals surface area contributed by atoms with Gasteiger partial charge in [-0.2, -0.15) is 0 Å². The number of ether oxygens (including phenoxy) is 3. The number of aryl methyl sites for hydroxylation is 1. The average Bonchev–Trinajstić information content (AvgIpc) is 3.41. The minimum atomic E-state index is -0.913. The van der Waals surface area contributed by atoms with Crippen molar-refractivity contribution in [1.82, 2.24) is 4.98 Å². The second kappa shape index (κ2) is 10.6. The third-order valence-electron chi connectivity index (χ3n) is 6.17. The zero-order valence-corrected chi connectivity index (χ0v) is 20.2. The van der Waals surface area contributed by atoms with Crippen LogP contribution in [0.25, 0.3) is 0 Å². The zero-order chi connectivity index (χ0) is 23.4. The van der Waals surface area contributed by atoms with Crippen molar-refractivity contribution in [2.45, 2.75) is 77.1 Å². The molecule has 1 fully saturated rings. The van der Waals surface area contributed by atoms with Crippen LogP contribution in [0.3, 0.4) is 0 Å². The molecule has 2 N–H and O–H groups in total. The van der Waals surface area contributed by atoms with Gasteiger partial charge >= 0.3 is 5.97 Å². The number of aliphatic hydroxyl groups is 1. The van der Waals surface area contributed by atoms with E-state index >= 15 is 0 Å². The van der Waals surface area contributed by atoms with Crippen molar-refractivity contribution in [3.63, 3.8) is 0 Å². The van der Waals surface area contributed by atoms with Crippen LogP contribution in [0, 0.1) is 13.8 Å². The maximum atomic E-state index is 11.4. The van der Waals surface area contributed by atoms with Gasteiger partial charge in [0.2, 0.25) is 0 Å². The van der Waals surface area contributed by atoms with Crippen molar-refractivity contribution in [2.24, 2.45) is 0 Å². The third kappa shape index (κ3) is 5.42. The van der Waals surface area contributed by atoms with Crippen molar-refractivity contribution in [2.75, 3.05) is 14.2 Å². The van der Waals surface area contributed by atoms with E-state index in [9.17, 15) is 15.0 Å². The number of carboxylic acids is 1. The second-order valence-electron chi connectivity index (χ2n) is 8.39. The SMILES string of the molecule is COc1cc([C@@H](O)[C@H](Cc2nc([C@@H](C)C(=O)O)c(C)s2)OC2CCCC2)cc(OC)c1C. The number of benzene rings is 1. The fourth-order valence-corrected chi connectivity index (χ4v) is 5.31. The molecule has 2 aromatic rings. The first-order chi connectivity index (χ1) is 15.2. The van der Waals surface area contributed by atoms with E-state index in [1.165, 1.54) is 11.3 Å². The summed E-state index contributed by atoms with van der Waals surface area (Å²) in [7, 11) is 3.18. The van der Waals surface area contributed by atoms with Crippen molar-refractivity contribution in [3.05, 3.63) is 38.8 Å². The monoisotopic (exact) mass is 463 g/mol. The van der Waals surface area contributed by atoms with E-state index in [0.717, 1.165) is 41.1 Å². The molecule has 1 aliphatic carbocycles. The van der Waals surface area contributed by atoms with Crippen molar-refractivity contribution in [3.8, 4) is 11.5 Å². The Kier molecular flexibility index (Phi) is 8.14. The molecule has 1 aromatic carbocycles. The molecule has 1 saturated carbocycles. The maximum Gasteiger partial charge on any atom is 0.312 e. The van der Waals surface area contributed by atoms with Crippen molar-refractivity contribution in [1.29, 1.82) is 0 Å². The van der Waals surface area contributed by atoms with Crippen LogP contribution < -0.4 is 9.47 Å². The third-order valence-corrected chi connectivity index (χ3v) is 7.18. The number of aromatic nitrogens is 1. The lowest BCUT2D eigenvalue weighted by molar-refractivity contribution is -0.138. The summed E-state index contributed by atoms with van der Waals surface area (Å²) in [5.74, 6) is -0.298. The van der Waals surface area contributed by atoms with Gasteiger partial charge in [-0.1, -0.05) is 12.8 Å². The van der Waals surface area contributed by atoms with Crippen LogP contribution in [-0.2, 0) is 16.0 Å². The van der Waals surface area contributed by atoms with E-state index in [2.05, 4.69) is 4.98 Å². The Morgan fingerprint density at radius 1 is 1.19 bits per heavy atom. The molecule has 1 aliphatic rings. The average molecular weight is 464 g/mol. The predicted octanol–water partition coefficient (Wildman–Crippen LogP) is 4.57. The first-order valence-corrected chi connectivity index (χ1v) is 11.8. The first kappa shape index (κ1) is 24.5. The van der Waals surface area contributed by atoms with Crippen LogP contribution >= 0.6 is 11.3 Å². The fraction of sp³-hybridized carbons (Fsp3) is 0.583. The van der Waals surface area contributed by atoms with Gasteiger partial charge in [0, 0.05) is 16.9 Å². The lowest BCUT2D eigenvalue weighted by atomic mass is 9.99. The molecule has 3 rings (SSSR count). The highest BCUT2D eigenvalue weighted by Gasteiger charge is 2.30. The van der Waals surface area contributed by atoms with Gasteiger partial charge in [0.05, 0.1) is 43.0 Å². The molecule has 1 heterocycles. The number of carboxylic acid groups (broad SMARTS) is 1. The lowest BCUT2D eigenvalue weighted by Crippen LogP contribution is -2.29. The minimum absolute atomic E-state index is 0.0994. The highest BCUT2D eigenvalue weighted by atomic mass is 32.1. The largest absolute Gasteiger partial charge is 0.496 e. The van der Waals surface area contributed by atoms with Crippen LogP contribution in [0.5, 0.6) is 11.5 Å². The molecule has 0 spiro atoms. The van der Waals surface area contributed by atoms with Gasteiger partial charge in [-0.3, -0.25) is 4.79 Å². The summed E-state index contributed by atoms with van der Waals surface area (Å²) in [6.45, 7) is 5.43. The number of nitrogens with zero attached hydrogens (tertiary/aromatic N) is 1. The van der Waals surface area contributed by atoms with E-state index < -0.39 is 24.1 Å². The summed E-state index contributed by atoms with van der Waals surface area (Å²) in [6, 6.07) is 3.64. The summed E-state index contributed by atoms with van der Waals surface area (Å²) in [6.07, 6.45) is 3.25. The number of hydrogen-bond donors (Lipinski definition) is 2. The Bertz CT molecular complexity index is 912. The Morgan fingerprint density at radius 2 is 1.78 bits per heavy atom. The van der Waals surface area contributed by atoms with Gasteiger partial charge in [-0.15, -0.1) is 11.3 Å². The minimum Gasteiger partial charge on any atom is -0.496 e. The molecule has 0 saturated heterocycles. The number of aliphatic carboxylic acids is 1. The molecule has 32 heavy (non-hydrogen) atoms. The molecule has 0 radical (unpaired) electrons. The van der Waals surface area contributed by atoms with Gasteiger partial charge in [0.15, 0.2) is 0 Å². The smallest absolute Gasteiger partial charge is 0.312 e. The highest BCUT2D eigenvalue weighted by molar-refractivity contribution is 7.11. The Balaban J connectivity index is 1.91. The maximum absolute atomic E-state index is 11.4. The Morgan fingerprint density at radius 3 is 2.31 bits per heavy atom. The number of methoxy groups -OCH3 is 2. The van der Waals surface area contributed by atoms with Crippen LogP contribution in [0.1, 0.15) is 71.3 Å². The van der Waals surface area contributed by atoms with Gasteiger partial charge in [-0.05, 0) is 51.3 Å². The standard InChI is InChI=1S/C24H33NO6S/c1-13-18(29-4)10-16(11-19(13)30-5)23(26)20(31-17-8-6-7-9-17)12-21-25-22(15(3)32-21)14(2)24(27)28/h10-11,14,17,20,23,26H,6-9,12H2,1-5H3,(H,27,28)/t14-,20+,23-/m1/s1. The van der Waals surface area contributed by atoms with Gasteiger partial charge in [0.1, 0.15) is 17.6 Å². The quantitative estimate of drug-likeness (QED) is 0.533. The van der Waals surface area contributed by atoms with Crippen molar-refractivity contribution < 1.29 is 29.2 Å². The number of carbonyl (C=O) groups is 1. The zero-order valence-electron chi connectivity index (χ0n) is 19.4. The van der Waals surface area contributed by atoms with Crippen molar-refractivity contribution >= 4 is 17.3 Å². The van der Waals surface area contributed by atoms with Crippen LogP contribution in [0.15, 0.2) is 12.1 Å². The van der Waals surface area contributed by atoms with E-state index in [4.69, 9.17) is 14.2 Å². The Labute approximate surface area is 193 Å². The normalized spacial score (nSPS) is 17.2. The Hall–Kier alpha value is -2.16. The summed E-state index contributed by atoms with van der Waals surface area (Å²) in [5, 5.41) is 21.5. The molecule has 0 bridgehead atoms. The number of rotatable bonds is 10. The van der Waals surface area contributed by atoms with Crippen LogP contribution in [0.2, 0.25) is 0 Å². The lowest BCUT2D eigenvalue weighted by Gasteiger charge is -2.27. The fourth-order valence-electron chi connectivity index (χ4n) is 4.24. The number of hydrogen-bond acceptors (Lipinski definition) is 7. The van der Waals surface area contributed by atoms with E-state index in [0.29, 0.717) is 29.2 Å². The van der Waals surface area contributed by atoms with Gasteiger partial charge in [-0.25, -0.2) is 4.98 Å². The molecular formula is C24H33NO6S. The second-order valence-corrected chi connectivity index (χ2v) is 9.68. The molecule has 8 heteroatoms. The first-order valence-electron chi connectivity index (χ1n) is 11.0. The topological polar surface area (TPSA) is 98.1 Å². The number of aliphatic hydroxyl groups excluding tert-OH is 1. The van der Waals surface area contributed by atoms with E-state index in [-0.39, 0.29) is 6.10 Å². The molecule has 0 aliphatic heterocycles. The molecule has 0 amide bonds. The molecule has 3 atom stereocenters. The predicted molar refractivity (Wildman–Crippen MR) is 123 cm³/mol. The van der Waals surface area contributed by atoms with Crippen LogP contribution in [-0.4, -0.2) is 47.6 Å². The molecule has 7 nitrogen and oxygen atoms in total. The van der Waals surface area contributed by atoms with E-state index in [1.807, 2.05) is 26.0 Å². The van der Waals surface area contributed by atoms with E-state index in [1.54, 1.807) is 21.1 Å². The molecular weight excluding hydrogens is 430 g/mol.